The minimum atomic E-state index is -0.299. The van der Waals surface area contributed by atoms with Gasteiger partial charge in [-0.05, 0) is 74.6 Å². The Hall–Kier alpha value is -3.52. The number of nitrogens with zero attached hydrogens (tertiary/aromatic N) is 3. The van der Waals surface area contributed by atoms with E-state index in [4.69, 9.17) is 9.72 Å². The number of ether oxygens (including phenoxy) is 1. The van der Waals surface area contributed by atoms with Gasteiger partial charge in [-0.3, -0.25) is 14.0 Å². The first kappa shape index (κ1) is 21.0. The summed E-state index contributed by atoms with van der Waals surface area (Å²) in [6.07, 6.45) is 2.33. The van der Waals surface area contributed by atoms with Crippen LogP contribution in [-0.4, -0.2) is 40.0 Å². The van der Waals surface area contributed by atoms with Gasteiger partial charge in [0.2, 0.25) is 0 Å². The molecule has 0 aliphatic carbocycles. The molecule has 2 aromatic carbocycles. The number of amides is 1. The standard InChI is InChI=1S/C26H25FN4O3/c1-14-11-22-20(13-19(14)26(33)30-8-5-17-12-18(27)3-4-21(17)30)29-25(32)23-15(2)28-24(31(22)23)16-6-9-34-10-7-16/h3-4,11-13,16H,5-10H2,1-2H3,(H,29,32). The molecule has 8 heteroatoms. The summed E-state index contributed by atoms with van der Waals surface area (Å²) in [5.41, 5.74) is 5.34. The van der Waals surface area contributed by atoms with E-state index in [1.807, 2.05) is 24.3 Å². The molecule has 1 fully saturated rings. The molecule has 0 bridgehead atoms. The van der Waals surface area contributed by atoms with E-state index in [0.29, 0.717) is 48.5 Å². The molecular weight excluding hydrogens is 435 g/mol. The van der Waals surface area contributed by atoms with Crippen LogP contribution >= 0.6 is 0 Å². The maximum absolute atomic E-state index is 13.6. The van der Waals surface area contributed by atoms with Crippen LogP contribution in [0.4, 0.5) is 10.1 Å². The predicted molar refractivity (Wildman–Crippen MR) is 127 cm³/mol. The van der Waals surface area contributed by atoms with Crippen LogP contribution in [0.15, 0.2) is 35.1 Å². The van der Waals surface area contributed by atoms with Crippen LogP contribution in [0.2, 0.25) is 0 Å². The Kier molecular flexibility index (Phi) is 4.81. The lowest BCUT2D eigenvalue weighted by molar-refractivity contribution is 0.0835. The number of nitrogens with one attached hydrogen (secondary N) is 1. The van der Waals surface area contributed by atoms with Crippen molar-refractivity contribution in [2.24, 2.45) is 0 Å². The average molecular weight is 461 g/mol. The minimum absolute atomic E-state index is 0.155. The van der Waals surface area contributed by atoms with Crippen LogP contribution in [0, 0.1) is 19.7 Å². The van der Waals surface area contributed by atoms with E-state index < -0.39 is 0 Å². The molecule has 4 aromatic rings. The summed E-state index contributed by atoms with van der Waals surface area (Å²) < 4.78 is 21.1. The van der Waals surface area contributed by atoms with E-state index in [2.05, 4.69) is 4.98 Å². The molecule has 0 spiro atoms. The van der Waals surface area contributed by atoms with Crippen molar-refractivity contribution in [2.45, 2.75) is 39.0 Å². The van der Waals surface area contributed by atoms with Gasteiger partial charge in [0.1, 0.15) is 17.2 Å². The SMILES string of the molecule is Cc1cc2c(cc1C(=O)N1CCc3cc(F)ccc31)[nH]c(=O)c1c(C)nc(C3CCOCC3)n12. The molecule has 2 aromatic heterocycles. The lowest BCUT2D eigenvalue weighted by atomic mass is 9.99. The summed E-state index contributed by atoms with van der Waals surface area (Å²) in [6, 6.07) is 8.25. The molecule has 0 saturated carbocycles. The molecule has 0 radical (unpaired) electrons. The Labute approximate surface area is 195 Å². The molecule has 34 heavy (non-hydrogen) atoms. The highest BCUT2D eigenvalue weighted by atomic mass is 19.1. The first-order valence-corrected chi connectivity index (χ1v) is 11.7. The zero-order valence-corrected chi connectivity index (χ0v) is 19.2. The van der Waals surface area contributed by atoms with E-state index in [0.717, 1.165) is 41.0 Å². The fraction of sp³-hybridized carbons (Fsp3) is 0.346. The summed E-state index contributed by atoms with van der Waals surface area (Å²) >= 11 is 0. The summed E-state index contributed by atoms with van der Waals surface area (Å²) in [4.78, 5) is 36.0. The molecule has 1 saturated heterocycles. The number of imidazole rings is 1. The van der Waals surface area contributed by atoms with Crippen LogP contribution in [0.25, 0.3) is 16.6 Å². The normalized spacial score (nSPS) is 16.5. The van der Waals surface area contributed by atoms with E-state index in [9.17, 15) is 14.0 Å². The highest BCUT2D eigenvalue weighted by Crippen LogP contribution is 2.33. The van der Waals surface area contributed by atoms with Crippen molar-refractivity contribution in [2.75, 3.05) is 24.7 Å². The number of carbonyl (C=O) groups is 1. The first-order valence-electron chi connectivity index (χ1n) is 11.7. The van der Waals surface area contributed by atoms with Crippen LogP contribution in [0.1, 0.15) is 51.8 Å². The Morgan fingerprint density at radius 2 is 1.97 bits per heavy atom. The summed E-state index contributed by atoms with van der Waals surface area (Å²) in [5, 5.41) is 0. The zero-order chi connectivity index (χ0) is 23.6. The molecule has 0 unspecified atom stereocenters. The van der Waals surface area contributed by atoms with Gasteiger partial charge >= 0.3 is 0 Å². The summed E-state index contributed by atoms with van der Waals surface area (Å²) in [5.74, 6) is 0.633. The van der Waals surface area contributed by atoms with E-state index in [1.165, 1.54) is 12.1 Å². The van der Waals surface area contributed by atoms with Gasteiger partial charge in [0, 0.05) is 36.9 Å². The van der Waals surface area contributed by atoms with Gasteiger partial charge in [-0.15, -0.1) is 0 Å². The Bertz CT molecular complexity index is 1530. The maximum atomic E-state index is 13.6. The number of hydrogen-bond donors (Lipinski definition) is 1. The lowest BCUT2D eigenvalue weighted by Gasteiger charge is -2.22. The fourth-order valence-corrected chi connectivity index (χ4v) is 5.41. The van der Waals surface area contributed by atoms with Crippen LogP contribution in [0.3, 0.4) is 0 Å². The average Bonchev–Trinajstić information content (AvgIpc) is 3.40. The number of hydrogen-bond acceptors (Lipinski definition) is 4. The van der Waals surface area contributed by atoms with Gasteiger partial charge in [-0.2, -0.15) is 0 Å². The second kappa shape index (κ2) is 7.77. The highest BCUT2D eigenvalue weighted by Gasteiger charge is 2.28. The molecular formula is C26H25FN4O3. The molecule has 2 aliphatic heterocycles. The van der Waals surface area contributed by atoms with Crippen molar-refractivity contribution >= 4 is 28.1 Å². The molecule has 7 nitrogen and oxygen atoms in total. The monoisotopic (exact) mass is 460 g/mol. The van der Waals surface area contributed by atoms with Gasteiger partial charge in [-0.1, -0.05) is 0 Å². The number of benzene rings is 2. The van der Waals surface area contributed by atoms with Crippen LogP contribution in [-0.2, 0) is 11.2 Å². The maximum Gasteiger partial charge on any atom is 0.274 e. The molecule has 174 valence electrons. The zero-order valence-electron chi connectivity index (χ0n) is 19.2. The number of halogens is 1. The van der Waals surface area contributed by atoms with Crippen molar-refractivity contribution < 1.29 is 13.9 Å². The largest absolute Gasteiger partial charge is 0.381 e. The molecule has 1 N–H and O–H groups in total. The smallest absolute Gasteiger partial charge is 0.274 e. The minimum Gasteiger partial charge on any atom is -0.381 e. The molecule has 1 amide bonds. The van der Waals surface area contributed by atoms with Crippen LogP contribution in [0.5, 0.6) is 0 Å². The number of fused-ring (bicyclic) bond motifs is 4. The van der Waals surface area contributed by atoms with Crippen molar-refractivity contribution in [1.29, 1.82) is 0 Å². The molecule has 4 heterocycles. The Morgan fingerprint density at radius 3 is 2.76 bits per heavy atom. The second-order valence-corrected chi connectivity index (χ2v) is 9.24. The van der Waals surface area contributed by atoms with Gasteiger partial charge < -0.3 is 14.6 Å². The predicted octanol–water partition coefficient (Wildman–Crippen LogP) is 4.03. The van der Waals surface area contributed by atoms with E-state index in [1.54, 1.807) is 17.0 Å². The van der Waals surface area contributed by atoms with E-state index >= 15 is 0 Å². The Balaban J connectivity index is 1.50. The third kappa shape index (κ3) is 3.16. The summed E-state index contributed by atoms with van der Waals surface area (Å²) in [6.45, 7) is 5.62. The number of anilines is 1. The van der Waals surface area contributed by atoms with Crippen LogP contribution < -0.4 is 10.5 Å². The molecule has 6 rings (SSSR count). The third-order valence-corrected chi connectivity index (χ3v) is 7.12. The number of H-pyrrole nitrogens is 1. The Morgan fingerprint density at radius 1 is 1.18 bits per heavy atom. The third-order valence-electron chi connectivity index (χ3n) is 7.12. The van der Waals surface area contributed by atoms with Gasteiger partial charge in [0.05, 0.1) is 16.7 Å². The van der Waals surface area contributed by atoms with Crippen molar-refractivity contribution in [1.82, 2.24) is 14.4 Å². The van der Waals surface area contributed by atoms with Gasteiger partial charge in [-0.25, -0.2) is 9.37 Å². The quantitative estimate of drug-likeness (QED) is 0.490. The molecule has 0 atom stereocenters. The molecule has 2 aliphatic rings. The van der Waals surface area contributed by atoms with E-state index in [-0.39, 0.29) is 23.2 Å². The second-order valence-electron chi connectivity index (χ2n) is 9.24. The van der Waals surface area contributed by atoms with Crippen molar-refractivity contribution in [3.63, 3.8) is 0 Å². The van der Waals surface area contributed by atoms with Crippen molar-refractivity contribution in [3.8, 4) is 0 Å². The number of aromatic amines is 1. The first-order chi connectivity index (χ1) is 16.4. The summed E-state index contributed by atoms with van der Waals surface area (Å²) in [7, 11) is 0. The fourth-order valence-electron chi connectivity index (χ4n) is 5.41. The van der Waals surface area contributed by atoms with Gasteiger partial charge in [0.15, 0.2) is 0 Å². The lowest BCUT2D eigenvalue weighted by Crippen LogP contribution is -2.29. The number of carbonyl (C=O) groups excluding carboxylic acids is 1. The number of rotatable bonds is 2. The number of aromatic nitrogens is 3. The number of aryl methyl sites for hydroxylation is 2. The highest BCUT2D eigenvalue weighted by molar-refractivity contribution is 6.09. The topological polar surface area (TPSA) is 79.7 Å². The van der Waals surface area contributed by atoms with Gasteiger partial charge in [0.25, 0.3) is 11.5 Å². The van der Waals surface area contributed by atoms with Crippen molar-refractivity contribution in [3.05, 3.63) is 74.7 Å².